The molecule has 1 aliphatic heterocycles. The zero-order valence-corrected chi connectivity index (χ0v) is 40.8. The topological polar surface area (TPSA) is 46.5 Å². The zero-order valence-electron chi connectivity index (χ0n) is 33.3. The van der Waals surface area contributed by atoms with Crippen LogP contribution in [0.25, 0.3) is 0 Å². The third kappa shape index (κ3) is 13.4. The molecule has 0 unspecified atom stereocenters. The fourth-order valence-corrected chi connectivity index (χ4v) is 69.5. The average molecular weight is 930 g/mol. The Hall–Kier alpha value is 0.477. The van der Waals surface area contributed by atoms with Crippen LogP contribution in [0.2, 0.25) is 26.6 Å². The van der Waals surface area contributed by atoms with Crippen LogP contribution >= 0.6 is 7.05 Å². The van der Waals surface area contributed by atoms with E-state index in [1.54, 1.807) is 6.66 Å². The zero-order chi connectivity index (χ0) is 36.1. The van der Waals surface area contributed by atoms with Crippen molar-refractivity contribution in [3.05, 3.63) is 49.1 Å². The van der Waals surface area contributed by atoms with Gasteiger partial charge in [0.1, 0.15) is 0 Å². The molecule has 0 aromatic heterocycles. The molecule has 0 N–H and O–H groups in total. The van der Waals surface area contributed by atoms with Gasteiger partial charge in [0.2, 0.25) is 0 Å². The Kier molecular flexibility index (Phi) is 23.0. The third-order valence-electron chi connectivity index (χ3n) is 11.4. The van der Waals surface area contributed by atoms with Gasteiger partial charge < -0.3 is 0 Å². The quantitative estimate of drug-likeness (QED) is 0.0456. The van der Waals surface area contributed by atoms with E-state index in [1.165, 1.54) is 128 Å². The maximum atomic E-state index is 14.7. The molecule has 1 aliphatic rings. The van der Waals surface area contributed by atoms with Crippen LogP contribution < -0.4 is 5.30 Å². The fourth-order valence-electron chi connectivity index (χ4n) is 8.50. The van der Waals surface area contributed by atoms with Gasteiger partial charge in [0, 0.05) is 0 Å². The SMILES string of the molecule is CCCCCCCCS(=O)(=O)N=P1(c2ccccc2)[C]([Sn]([CH2]CCC)([CH2]CCC)[CH2]CCC)=CC=[C]1[Sn]([CH2]CCC)([CH2]CCC)[CH2]CCC. The van der Waals surface area contributed by atoms with E-state index in [0.717, 1.165) is 19.3 Å². The summed E-state index contributed by atoms with van der Waals surface area (Å²) in [6, 6.07) is 11.2. The van der Waals surface area contributed by atoms with E-state index in [9.17, 15) is 8.42 Å². The molecular formula is C42H78NO2PSSn2. The van der Waals surface area contributed by atoms with Gasteiger partial charge in [-0.3, -0.25) is 0 Å². The van der Waals surface area contributed by atoms with Crippen LogP contribution in [0.15, 0.2) is 53.3 Å². The van der Waals surface area contributed by atoms with Crippen LogP contribution in [0.4, 0.5) is 0 Å². The molecule has 1 heterocycles. The van der Waals surface area contributed by atoms with Gasteiger partial charge in [-0.1, -0.05) is 0 Å². The van der Waals surface area contributed by atoms with E-state index in [4.69, 9.17) is 4.15 Å². The second kappa shape index (κ2) is 24.7. The van der Waals surface area contributed by atoms with Gasteiger partial charge in [0.15, 0.2) is 0 Å². The molecule has 0 atom stereocenters. The summed E-state index contributed by atoms with van der Waals surface area (Å²) in [7, 11) is -6.26. The number of unbranched alkanes of at least 4 members (excludes halogenated alkanes) is 11. The van der Waals surface area contributed by atoms with Gasteiger partial charge in [-0.15, -0.1) is 0 Å². The van der Waals surface area contributed by atoms with Crippen molar-refractivity contribution in [2.75, 3.05) is 5.75 Å². The summed E-state index contributed by atoms with van der Waals surface area (Å²) in [4.78, 5) is 0. The van der Waals surface area contributed by atoms with E-state index in [1.807, 2.05) is 0 Å². The molecule has 49 heavy (non-hydrogen) atoms. The predicted molar refractivity (Wildman–Crippen MR) is 229 cm³/mol. The van der Waals surface area contributed by atoms with Gasteiger partial charge >= 0.3 is 317 Å². The van der Waals surface area contributed by atoms with Gasteiger partial charge in [-0.25, -0.2) is 0 Å². The first-order valence-electron chi connectivity index (χ1n) is 21.1. The minimum atomic E-state index is -3.61. The van der Waals surface area contributed by atoms with Gasteiger partial charge in [-0.05, 0) is 0 Å². The number of rotatable bonds is 29. The van der Waals surface area contributed by atoms with Crippen LogP contribution in [0, 0.1) is 0 Å². The van der Waals surface area contributed by atoms with Gasteiger partial charge in [-0.2, -0.15) is 0 Å². The number of allylic oxidation sites excluding steroid dienone is 2. The first-order chi connectivity index (χ1) is 23.7. The standard InChI is InChI=1S/C18H24NO2PS.6C4H9.2Sn/c1-2-3-4-5-6-12-17-23(20,21)19-22(15-10-11-16-22)18-13-8-7-9-14-18;6*1-3-4-2;;/h7-11,13-14H,2-6,12,17H2,1H3;6*1,3-4H2,2H3;;. The van der Waals surface area contributed by atoms with E-state index in [2.05, 4.69) is 91.0 Å². The molecule has 0 spiro atoms. The van der Waals surface area contributed by atoms with Crippen molar-refractivity contribution in [1.29, 1.82) is 0 Å². The van der Waals surface area contributed by atoms with Crippen molar-refractivity contribution < 1.29 is 8.42 Å². The van der Waals surface area contributed by atoms with Crippen molar-refractivity contribution in [3.8, 4) is 0 Å². The van der Waals surface area contributed by atoms with Crippen molar-refractivity contribution in [1.82, 2.24) is 0 Å². The van der Waals surface area contributed by atoms with Crippen LogP contribution in [0.5, 0.6) is 0 Å². The number of sulfonamides is 1. The van der Waals surface area contributed by atoms with Crippen LogP contribution in [-0.2, 0) is 10.0 Å². The van der Waals surface area contributed by atoms with E-state index >= 15 is 0 Å². The summed E-state index contributed by atoms with van der Waals surface area (Å²) in [5.41, 5.74) is 0. The molecule has 282 valence electrons. The van der Waals surface area contributed by atoms with Crippen LogP contribution in [-0.4, -0.2) is 50.9 Å². The van der Waals surface area contributed by atoms with Crippen molar-refractivity contribution in [2.45, 2.75) is 191 Å². The first-order valence-corrected chi connectivity index (χ1v) is 39.4. The van der Waals surface area contributed by atoms with E-state index in [0.29, 0.717) is 0 Å². The second-order valence-corrected chi connectivity index (χ2v) is 49.0. The molecule has 0 bridgehead atoms. The number of benzene rings is 1. The number of hydrogen-bond donors (Lipinski definition) is 0. The Morgan fingerprint density at radius 2 is 0.837 bits per heavy atom. The summed E-state index contributed by atoms with van der Waals surface area (Å²) in [6.07, 6.45) is 26.8. The summed E-state index contributed by atoms with van der Waals surface area (Å²) >= 11 is -6.28. The number of nitrogens with zero attached hydrogens (tertiary/aromatic N) is 1. The number of hydrogen-bond acceptors (Lipinski definition) is 2. The molecular weight excluding hydrogens is 851 g/mol. The Bertz CT molecular complexity index is 1180. The summed E-state index contributed by atoms with van der Waals surface area (Å²) in [5, 5.41) is 1.28. The molecule has 0 saturated carbocycles. The fraction of sp³-hybridized carbons (Fsp3) is 0.762. The van der Waals surface area contributed by atoms with E-state index in [-0.39, 0.29) is 5.75 Å². The summed E-state index contributed by atoms with van der Waals surface area (Å²) in [5.74, 6) is 0.219. The van der Waals surface area contributed by atoms with Crippen molar-refractivity contribution in [2.24, 2.45) is 4.15 Å². The molecule has 0 amide bonds. The van der Waals surface area contributed by atoms with Gasteiger partial charge in [0.25, 0.3) is 0 Å². The average Bonchev–Trinajstić information content (AvgIpc) is 3.50. The first kappa shape index (κ1) is 45.6. The summed E-state index contributed by atoms with van der Waals surface area (Å²) < 4.78 is 46.6. The Labute approximate surface area is 314 Å². The predicted octanol–water partition coefficient (Wildman–Crippen LogP) is 14.8. The minimum absolute atomic E-state index is 0.219. The van der Waals surface area contributed by atoms with Crippen molar-refractivity contribution in [3.63, 3.8) is 0 Å². The second-order valence-electron chi connectivity index (χ2n) is 15.4. The Balaban J connectivity index is 3.06. The third-order valence-corrected chi connectivity index (χ3v) is 58.4. The van der Waals surface area contributed by atoms with Gasteiger partial charge in [0.05, 0.1) is 0 Å². The van der Waals surface area contributed by atoms with Crippen LogP contribution in [0.3, 0.4) is 0 Å². The molecule has 2 rings (SSSR count). The summed E-state index contributed by atoms with van der Waals surface area (Å²) in [6.45, 7) is 16.4. The molecule has 0 saturated heterocycles. The van der Waals surface area contributed by atoms with Crippen LogP contribution in [0.1, 0.15) is 164 Å². The molecule has 0 aliphatic carbocycles. The molecule has 7 heteroatoms. The Morgan fingerprint density at radius 3 is 1.20 bits per heavy atom. The normalized spacial score (nSPS) is 15.0. The molecule has 1 aromatic rings. The Morgan fingerprint density at radius 1 is 0.490 bits per heavy atom. The molecule has 3 nitrogen and oxygen atoms in total. The molecule has 0 fully saturated rings. The monoisotopic (exact) mass is 931 g/mol. The maximum absolute atomic E-state index is 14.7. The molecule has 1 aromatic carbocycles. The van der Waals surface area contributed by atoms with Crippen molar-refractivity contribution >= 4 is 59.1 Å². The van der Waals surface area contributed by atoms with E-state index < -0.39 is 53.8 Å². The molecule has 0 radical (unpaired) electrons.